The molecule has 1 aromatic heterocycles. The zero-order valence-electron chi connectivity index (χ0n) is 13.4. The smallest absolute Gasteiger partial charge is 0.274 e. The number of hydrogen-bond acceptors (Lipinski definition) is 3. The topological polar surface area (TPSA) is 58.2 Å². The molecule has 0 saturated carbocycles. The van der Waals surface area contributed by atoms with Gasteiger partial charge in [-0.05, 0) is 43.4 Å². The fourth-order valence-electron chi connectivity index (χ4n) is 3.52. The minimum Gasteiger partial charge on any atom is -0.370 e. The number of nitrogens with zero attached hydrogens (tertiary/aromatic N) is 2. The van der Waals surface area contributed by atoms with Crippen LogP contribution in [0.1, 0.15) is 46.3 Å². The Labute approximate surface area is 139 Å². The van der Waals surface area contributed by atoms with Crippen LogP contribution in [-0.2, 0) is 17.6 Å². The number of amides is 1. The number of carbonyl (C=O) groups is 1. The molecule has 0 spiro atoms. The van der Waals surface area contributed by atoms with Crippen molar-refractivity contribution in [2.75, 3.05) is 19.7 Å². The molecular weight excluding hydrogens is 309 g/mol. The lowest BCUT2D eigenvalue weighted by atomic mass is 9.95. The van der Waals surface area contributed by atoms with E-state index in [1.165, 1.54) is 12.1 Å². The molecule has 4 rings (SSSR count). The van der Waals surface area contributed by atoms with Gasteiger partial charge in [-0.1, -0.05) is 12.1 Å². The summed E-state index contributed by atoms with van der Waals surface area (Å²) in [5, 5.41) is 7.30. The fraction of sp³-hybridized carbons (Fsp3) is 0.444. The summed E-state index contributed by atoms with van der Waals surface area (Å²) in [7, 11) is 0. The van der Waals surface area contributed by atoms with Gasteiger partial charge in [0, 0.05) is 17.8 Å². The van der Waals surface area contributed by atoms with Crippen LogP contribution in [0.4, 0.5) is 4.39 Å². The average Bonchev–Trinajstić information content (AvgIpc) is 3.06. The molecule has 1 amide bonds. The maximum absolute atomic E-state index is 13.1. The van der Waals surface area contributed by atoms with E-state index in [4.69, 9.17) is 4.74 Å². The lowest BCUT2D eigenvalue weighted by Gasteiger charge is -2.33. The van der Waals surface area contributed by atoms with Crippen molar-refractivity contribution in [2.24, 2.45) is 0 Å². The summed E-state index contributed by atoms with van der Waals surface area (Å²) in [6.07, 6.45) is 3.91. The Morgan fingerprint density at radius 2 is 2.04 bits per heavy atom. The Morgan fingerprint density at radius 3 is 2.88 bits per heavy atom. The molecule has 2 aromatic rings. The van der Waals surface area contributed by atoms with E-state index in [1.54, 1.807) is 17.0 Å². The second-order valence-electron chi connectivity index (χ2n) is 6.40. The first-order valence-electron chi connectivity index (χ1n) is 8.45. The van der Waals surface area contributed by atoms with Crippen molar-refractivity contribution >= 4 is 5.91 Å². The first-order chi connectivity index (χ1) is 11.7. The van der Waals surface area contributed by atoms with Crippen molar-refractivity contribution in [2.45, 2.75) is 31.8 Å². The summed E-state index contributed by atoms with van der Waals surface area (Å²) in [5.74, 6) is -0.310. The van der Waals surface area contributed by atoms with Gasteiger partial charge in [0.1, 0.15) is 11.9 Å². The molecule has 1 aliphatic heterocycles. The monoisotopic (exact) mass is 329 g/mol. The summed E-state index contributed by atoms with van der Waals surface area (Å²) < 4.78 is 18.9. The van der Waals surface area contributed by atoms with Crippen molar-refractivity contribution in [3.05, 3.63) is 52.6 Å². The van der Waals surface area contributed by atoms with Gasteiger partial charge in [0.2, 0.25) is 0 Å². The maximum Gasteiger partial charge on any atom is 0.274 e. The molecule has 1 fully saturated rings. The Bertz CT molecular complexity index is 741. The summed E-state index contributed by atoms with van der Waals surface area (Å²) in [5.41, 5.74) is 3.63. The largest absolute Gasteiger partial charge is 0.370 e. The van der Waals surface area contributed by atoms with Gasteiger partial charge >= 0.3 is 0 Å². The summed E-state index contributed by atoms with van der Waals surface area (Å²) in [4.78, 5) is 14.7. The predicted molar refractivity (Wildman–Crippen MR) is 86.2 cm³/mol. The summed E-state index contributed by atoms with van der Waals surface area (Å²) >= 11 is 0. The number of rotatable bonds is 2. The standard InChI is InChI=1S/C18H20FN3O2/c19-13-7-5-12(6-8-13)16-11-22(9-10-24-16)18(23)17-14-3-1-2-4-15(14)20-21-17/h5-8,16H,1-4,9-11H2,(H,20,21)/t16-/m0/s1. The van der Waals surface area contributed by atoms with Crippen molar-refractivity contribution in [3.8, 4) is 0 Å². The Kier molecular flexibility index (Phi) is 4.06. The molecular formula is C18H20FN3O2. The van der Waals surface area contributed by atoms with E-state index in [1.807, 2.05) is 0 Å². The predicted octanol–water partition coefficient (Wildman–Crippen LogP) is 2.64. The van der Waals surface area contributed by atoms with Crippen molar-refractivity contribution in [1.29, 1.82) is 0 Å². The first-order valence-corrected chi connectivity index (χ1v) is 8.45. The lowest BCUT2D eigenvalue weighted by Crippen LogP contribution is -2.42. The van der Waals surface area contributed by atoms with Crippen LogP contribution >= 0.6 is 0 Å². The number of H-pyrrole nitrogens is 1. The third kappa shape index (κ3) is 2.82. The van der Waals surface area contributed by atoms with Gasteiger partial charge in [0.05, 0.1) is 13.2 Å². The molecule has 0 bridgehead atoms. The Morgan fingerprint density at radius 1 is 1.25 bits per heavy atom. The molecule has 1 saturated heterocycles. The third-order valence-electron chi connectivity index (χ3n) is 4.85. The highest BCUT2D eigenvalue weighted by Crippen LogP contribution is 2.26. The normalized spacial score (nSPS) is 20.7. The lowest BCUT2D eigenvalue weighted by molar-refractivity contribution is -0.0230. The van der Waals surface area contributed by atoms with Crippen LogP contribution in [0, 0.1) is 5.82 Å². The van der Waals surface area contributed by atoms with Crippen molar-refractivity contribution < 1.29 is 13.9 Å². The third-order valence-corrected chi connectivity index (χ3v) is 4.85. The molecule has 1 atom stereocenters. The number of aryl methyl sites for hydroxylation is 1. The number of hydrogen-bond donors (Lipinski definition) is 1. The minimum atomic E-state index is -0.273. The van der Waals surface area contributed by atoms with Crippen LogP contribution in [0.5, 0.6) is 0 Å². The molecule has 0 unspecified atom stereocenters. The first kappa shape index (κ1) is 15.3. The number of morpholine rings is 1. The van der Waals surface area contributed by atoms with Gasteiger partial charge in [0.15, 0.2) is 5.69 Å². The van der Waals surface area contributed by atoms with E-state index in [0.717, 1.165) is 42.5 Å². The van der Waals surface area contributed by atoms with Crippen LogP contribution in [-0.4, -0.2) is 40.7 Å². The van der Waals surface area contributed by atoms with Crippen LogP contribution in [0.15, 0.2) is 24.3 Å². The van der Waals surface area contributed by atoms with E-state index in [2.05, 4.69) is 10.2 Å². The van der Waals surface area contributed by atoms with E-state index in [-0.39, 0.29) is 17.8 Å². The summed E-state index contributed by atoms with van der Waals surface area (Å²) in [6.45, 7) is 1.49. The molecule has 1 N–H and O–H groups in total. The van der Waals surface area contributed by atoms with Crippen LogP contribution in [0.3, 0.4) is 0 Å². The zero-order valence-corrected chi connectivity index (χ0v) is 13.4. The van der Waals surface area contributed by atoms with Crippen LogP contribution < -0.4 is 0 Å². The van der Waals surface area contributed by atoms with E-state index in [0.29, 0.717) is 25.4 Å². The second-order valence-corrected chi connectivity index (χ2v) is 6.40. The molecule has 6 heteroatoms. The number of aromatic nitrogens is 2. The number of benzene rings is 1. The summed E-state index contributed by atoms with van der Waals surface area (Å²) in [6, 6.07) is 6.27. The minimum absolute atomic E-state index is 0.0372. The van der Waals surface area contributed by atoms with E-state index < -0.39 is 0 Å². The number of halogens is 1. The number of ether oxygens (including phenoxy) is 1. The van der Waals surface area contributed by atoms with Gasteiger partial charge in [0.25, 0.3) is 5.91 Å². The number of nitrogens with one attached hydrogen (secondary N) is 1. The molecule has 5 nitrogen and oxygen atoms in total. The Balaban J connectivity index is 1.52. The molecule has 2 heterocycles. The zero-order chi connectivity index (χ0) is 16.5. The highest BCUT2D eigenvalue weighted by Gasteiger charge is 2.30. The van der Waals surface area contributed by atoms with Gasteiger partial charge in [-0.15, -0.1) is 0 Å². The highest BCUT2D eigenvalue weighted by atomic mass is 19.1. The second kappa shape index (κ2) is 6.36. The van der Waals surface area contributed by atoms with Crippen molar-refractivity contribution in [3.63, 3.8) is 0 Å². The van der Waals surface area contributed by atoms with Gasteiger partial charge < -0.3 is 9.64 Å². The number of fused-ring (bicyclic) bond motifs is 1. The molecule has 2 aliphatic rings. The van der Waals surface area contributed by atoms with Crippen LogP contribution in [0.2, 0.25) is 0 Å². The molecule has 1 aromatic carbocycles. The highest BCUT2D eigenvalue weighted by molar-refractivity contribution is 5.94. The van der Waals surface area contributed by atoms with Crippen LogP contribution in [0.25, 0.3) is 0 Å². The van der Waals surface area contributed by atoms with Gasteiger partial charge in [-0.2, -0.15) is 5.10 Å². The molecule has 24 heavy (non-hydrogen) atoms. The number of carbonyl (C=O) groups excluding carboxylic acids is 1. The van der Waals surface area contributed by atoms with Gasteiger partial charge in [-0.3, -0.25) is 9.89 Å². The van der Waals surface area contributed by atoms with Gasteiger partial charge in [-0.25, -0.2) is 4.39 Å². The average molecular weight is 329 g/mol. The molecule has 1 aliphatic carbocycles. The van der Waals surface area contributed by atoms with E-state index in [9.17, 15) is 9.18 Å². The fourth-order valence-corrected chi connectivity index (χ4v) is 3.52. The molecule has 0 radical (unpaired) electrons. The number of aromatic amines is 1. The Hall–Kier alpha value is -2.21. The SMILES string of the molecule is O=C(c1n[nH]c2c1CCCC2)N1CCO[C@H](c2ccc(F)cc2)C1. The quantitative estimate of drug-likeness (QED) is 0.921. The van der Waals surface area contributed by atoms with E-state index >= 15 is 0 Å². The maximum atomic E-state index is 13.1. The molecule has 126 valence electrons. The van der Waals surface area contributed by atoms with Crippen molar-refractivity contribution in [1.82, 2.24) is 15.1 Å².